The fraction of sp³-hybridized carbons (Fsp3) is 0.562. The van der Waals surface area contributed by atoms with Crippen LogP contribution in [0.3, 0.4) is 0 Å². The largest absolute Gasteiger partial charge is 0.487 e. The number of hydrogen-bond acceptors (Lipinski definition) is 6. The number of carboxylic acid groups (broad SMARTS) is 1. The monoisotopic (exact) mass is 616 g/mol. The molecule has 2 heterocycles. The maximum atomic E-state index is 13.3. The number of rotatable bonds is 1. The Hall–Kier alpha value is -2.78. The van der Waals surface area contributed by atoms with E-state index in [0.29, 0.717) is 49.7 Å². The van der Waals surface area contributed by atoms with Gasteiger partial charge in [0.25, 0.3) is 5.91 Å². The summed E-state index contributed by atoms with van der Waals surface area (Å²) in [4.78, 5) is 27.9. The van der Waals surface area contributed by atoms with Gasteiger partial charge in [0, 0.05) is 23.7 Å². The number of sulfonamides is 1. The molecule has 5 unspecified atom stereocenters. The minimum atomic E-state index is -3.95. The average Bonchev–Trinajstić information content (AvgIpc) is 2.96. The van der Waals surface area contributed by atoms with Crippen LogP contribution in [0.15, 0.2) is 36.4 Å². The van der Waals surface area contributed by atoms with Crippen LogP contribution in [0.1, 0.15) is 80.3 Å². The third-order valence-corrected chi connectivity index (χ3v) is 11.9. The van der Waals surface area contributed by atoms with Gasteiger partial charge >= 0.3 is 5.97 Å². The topological polar surface area (TPSA) is 113 Å². The lowest BCUT2D eigenvalue weighted by Gasteiger charge is -2.44. The molecule has 1 aliphatic carbocycles. The Balaban J connectivity index is 1.54. The number of carboxylic acids is 1. The van der Waals surface area contributed by atoms with E-state index in [9.17, 15) is 23.1 Å². The molecule has 2 aromatic rings. The first-order chi connectivity index (χ1) is 20.0. The molecule has 8 nitrogen and oxygen atoms in total. The molecule has 2 bridgehead atoms. The zero-order valence-electron chi connectivity index (χ0n) is 24.4. The molecule has 1 fully saturated rings. The number of nitrogens with one attached hydrogen (secondary N) is 1. The van der Waals surface area contributed by atoms with E-state index in [4.69, 9.17) is 16.3 Å². The highest BCUT2D eigenvalue weighted by atomic mass is 35.5. The first-order valence-electron chi connectivity index (χ1n) is 15.1. The first-order valence-corrected chi connectivity index (χ1v) is 17.0. The van der Waals surface area contributed by atoms with E-state index >= 15 is 0 Å². The van der Waals surface area contributed by atoms with E-state index in [0.717, 1.165) is 48.9 Å². The van der Waals surface area contributed by atoms with Crippen molar-refractivity contribution in [3.05, 3.63) is 58.1 Å². The SMILES string of the molecule is CC1CCCC(C(=O)O)C2CCC2CN2CCCCc3cc(Cl)ccc3COc3ccc(cc32)C(=O)NS(=O)(=O)C1C. The van der Waals surface area contributed by atoms with Gasteiger partial charge in [-0.05, 0) is 111 Å². The van der Waals surface area contributed by atoms with E-state index in [1.54, 1.807) is 25.1 Å². The molecule has 3 aliphatic rings. The highest BCUT2D eigenvalue weighted by molar-refractivity contribution is 7.90. The Bertz CT molecular complexity index is 1430. The number of benzene rings is 2. The minimum absolute atomic E-state index is 0.0623. The average molecular weight is 617 g/mol. The van der Waals surface area contributed by atoms with Crippen molar-refractivity contribution in [1.29, 1.82) is 0 Å². The van der Waals surface area contributed by atoms with Gasteiger partial charge in [0.2, 0.25) is 10.0 Å². The van der Waals surface area contributed by atoms with Crippen LogP contribution >= 0.6 is 11.6 Å². The van der Waals surface area contributed by atoms with Crippen LogP contribution in [0.5, 0.6) is 5.75 Å². The number of halogens is 1. The zero-order chi connectivity index (χ0) is 30.0. The van der Waals surface area contributed by atoms with E-state index in [1.807, 2.05) is 25.1 Å². The maximum absolute atomic E-state index is 13.3. The van der Waals surface area contributed by atoms with Crippen molar-refractivity contribution in [2.45, 2.75) is 77.1 Å². The molecule has 2 aromatic carbocycles. The van der Waals surface area contributed by atoms with Crippen molar-refractivity contribution in [1.82, 2.24) is 4.72 Å². The number of anilines is 1. The molecule has 5 atom stereocenters. The third kappa shape index (κ3) is 6.72. The van der Waals surface area contributed by atoms with Gasteiger partial charge in [-0.2, -0.15) is 0 Å². The number of ether oxygens (including phenoxy) is 1. The van der Waals surface area contributed by atoms with Gasteiger partial charge in [0.15, 0.2) is 0 Å². The number of carbonyl (C=O) groups is 2. The number of aliphatic carboxylic acids is 1. The van der Waals surface area contributed by atoms with E-state index in [-0.39, 0.29) is 23.3 Å². The Morgan fingerprint density at radius 2 is 1.83 bits per heavy atom. The fourth-order valence-electron chi connectivity index (χ4n) is 6.72. The van der Waals surface area contributed by atoms with Gasteiger partial charge in [-0.25, -0.2) is 13.1 Å². The summed E-state index contributed by atoms with van der Waals surface area (Å²) >= 11 is 6.30. The summed E-state index contributed by atoms with van der Waals surface area (Å²) in [6.45, 7) is 5.14. The first kappa shape index (κ1) is 30.7. The lowest BCUT2D eigenvalue weighted by Crippen LogP contribution is -2.44. The van der Waals surface area contributed by atoms with Gasteiger partial charge in [-0.1, -0.05) is 31.0 Å². The fourth-order valence-corrected chi connectivity index (χ4v) is 8.22. The van der Waals surface area contributed by atoms with Crippen LogP contribution in [-0.2, 0) is 27.8 Å². The molecule has 5 rings (SSSR count). The minimum Gasteiger partial charge on any atom is -0.487 e. The second-order valence-electron chi connectivity index (χ2n) is 12.3. The molecule has 1 saturated carbocycles. The Labute approximate surface area is 253 Å². The second-order valence-corrected chi connectivity index (χ2v) is 14.8. The predicted octanol–water partition coefficient (Wildman–Crippen LogP) is 6.06. The van der Waals surface area contributed by atoms with E-state index in [1.165, 1.54) is 0 Å². The Morgan fingerprint density at radius 3 is 2.57 bits per heavy atom. The molecule has 228 valence electrons. The van der Waals surface area contributed by atoms with Crippen molar-refractivity contribution >= 4 is 39.2 Å². The maximum Gasteiger partial charge on any atom is 0.306 e. The molecule has 2 aliphatic heterocycles. The number of aryl methyl sites for hydroxylation is 1. The predicted molar refractivity (Wildman–Crippen MR) is 164 cm³/mol. The van der Waals surface area contributed by atoms with E-state index in [2.05, 4.69) is 9.62 Å². The summed E-state index contributed by atoms with van der Waals surface area (Å²) in [5.74, 6) is -1.25. The van der Waals surface area contributed by atoms with Crippen LogP contribution in [0.4, 0.5) is 5.69 Å². The molecular weight excluding hydrogens is 576 g/mol. The normalized spacial score (nSPS) is 28.5. The number of amides is 1. The third-order valence-electron chi connectivity index (χ3n) is 9.70. The quantitative estimate of drug-likeness (QED) is 0.401. The standard InChI is InChI=1S/C32H41ClN2O6S/c1-20-6-5-8-28(32(37)38)27-13-10-24(27)18-35-15-4-3-7-22-16-26(33)12-9-25(22)19-41-30-14-11-23(17-29(30)35)31(36)34-42(39,40)21(20)2/h9,11-12,14,16-17,20-21,24,27-28H,3-8,10,13,15,18-19H2,1-2H3,(H,34,36)(H,37,38). The number of hydrogen-bond donors (Lipinski definition) is 2. The molecule has 10 heteroatoms. The van der Waals surface area contributed by atoms with Crippen LogP contribution in [-0.4, -0.2) is 43.7 Å². The molecule has 0 spiro atoms. The van der Waals surface area contributed by atoms with Gasteiger partial charge < -0.3 is 14.7 Å². The van der Waals surface area contributed by atoms with Crippen molar-refractivity contribution < 1.29 is 27.9 Å². The number of nitrogens with zero attached hydrogens (tertiary/aromatic N) is 1. The van der Waals surface area contributed by atoms with Crippen LogP contribution in [0, 0.1) is 23.7 Å². The molecule has 42 heavy (non-hydrogen) atoms. The lowest BCUT2D eigenvalue weighted by molar-refractivity contribution is -0.146. The van der Waals surface area contributed by atoms with Gasteiger partial charge in [0.05, 0.1) is 16.9 Å². The molecule has 1 amide bonds. The van der Waals surface area contributed by atoms with Crippen molar-refractivity contribution in [3.63, 3.8) is 0 Å². The molecule has 0 radical (unpaired) electrons. The van der Waals surface area contributed by atoms with Crippen molar-refractivity contribution in [2.24, 2.45) is 23.7 Å². The summed E-state index contributed by atoms with van der Waals surface area (Å²) in [5.41, 5.74) is 3.17. The van der Waals surface area contributed by atoms with Crippen LogP contribution in [0.25, 0.3) is 0 Å². The summed E-state index contributed by atoms with van der Waals surface area (Å²) < 4.78 is 35.0. The summed E-state index contributed by atoms with van der Waals surface area (Å²) in [6, 6.07) is 10.9. The molecular formula is C32H41ClN2O6S. The van der Waals surface area contributed by atoms with E-state index < -0.39 is 33.1 Å². The van der Waals surface area contributed by atoms with Gasteiger partial charge in [-0.3, -0.25) is 9.59 Å². The highest BCUT2D eigenvalue weighted by Gasteiger charge is 2.41. The zero-order valence-corrected chi connectivity index (χ0v) is 25.9. The van der Waals surface area contributed by atoms with Crippen molar-refractivity contribution in [3.8, 4) is 5.75 Å². The summed E-state index contributed by atoms with van der Waals surface area (Å²) in [5, 5.41) is 10.1. The summed E-state index contributed by atoms with van der Waals surface area (Å²) in [7, 11) is -3.95. The molecule has 0 saturated heterocycles. The van der Waals surface area contributed by atoms with Crippen molar-refractivity contribution in [2.75, 3.05) is 18.0 Å². The molecule has 2 N–H and O–H groups in total. The van der Waals surface area contributed by atoms with Gasteiger partial charge in [0.1, 0.15) is 12.4 Å². The Morgan fingerprint density at radius 1 is 1.02 bits per heavy atom. The second kappa shape index (κ2) is 12.8. The number of carbonyl (C=O) groups excluding carboxylic acids is 1. The molecule has 0 aromatic heterocycles. The summed E-state index contributed by atoms with van der Waals surface area (Å²) in [6.07, 6.45) is 6.22. The smallest absolute Gasteiger partial charge is 0.306 e. The van der Waals surface area contributed by atoms with Crippen LogP contribution in [0.2, 0.25) is 5.02 Å². The lowest BCUT2D eigenvalue weighted by atomic mass is 9.65. The number of fused-ring (bicyclic) bond motifs is 3. The van der Waals surface area contributed by atoms with Gasteiger partial charge in [-0.15, -0.1) is 0 Å². The van der Waals surface area contributed by atoms with Crippen LogP contribution < -0.4 is 14.4 Å². The Kier molecular flexibility index (Phi) is 9.38. The highest BCUT2D eigenvalue weighted by Crippen LogP contribution is 2.44.